The van der Waals surface area contributed by atoms with Gasteiger partial charge in [0.05, 0.1) is 12.7 Å². The minimum atomic E-state index is 0.415. The predicted octanol–water partition coefficient (Wildman–Crippen LogP) is 3.96. The van der Waals surface area contributed by atoms with Crippen molar-refractivity contribution in [3.05, 3.63) is 35.3 Å². The third-order valence-electron chi connectivity index (χ3n) is 2.81. The van der Waals surface area contributed by atoms with E-state index in [1.54, 1.807) is 0 Å². The van der Waals surface area contributed by atoms with Crippen LogP contribution in [-0.4, -0.2) is 37.2 Å². The lowest BCUT2D eigenvalue weighted by molar-refractivity contribution is -0.0262. The molecule has 0 bridgehead atoms. The third kappa shape index (κ3) is 7.20. The molecule has 2 nitrogen and oxygen atoms in total. The van der Waals surface area contributed by atoms with Gasteiger partial charge in [0.2, 0.25) is 0 Å². The van der Waals surface area contributed by atoms with E-state index in [1.165, 1.54) is 5.57 Å². The van der Waals surface area contributed by atoms with Crippen molar-refractivity contribution in [1.82, 2.24) is 4.90 Å². The molecule has 0 aromatic rings. The number of hydrogen-bond acceptors (Lipinski definition) is 2. The zero-order chi connectivity index (χ0) is 14.5. The summed E-state index contributed by atoms with van der Waals surface area (Å²) in [6, 6.07) is 0. The molecule has 108 valence electrons. The number of morpholine rings is 1. The number of hydrogen-bond donors (Lipinski definition) is 0. The molecule has 2 heteroatoms. The monoisotopic (exact) mass is 263 g/mol. The Bertz CT molecular complexity index is 344. The lowest BCUT2D eigenvalue weighted by Gasteiger charge is -2.32. The number of nitrogens with zero attached hydrogens (tertiary/aromatic N) is 1. The lowest BCUT2D eigenvalue weighted by Crippen LogP contribution is -2.42. The van der Waals surface area contributed by atoms with E-state index < -0.39 is 0 Å². The Balaban J connectivity index is 0.000000741. The lowest BCUT2D eigenvalue weighted by atomic mass is 10.1. The van der Waals surface area contributed by atoms with Crippen molar-refractivity contribution in [3.8, 4) is 0 Å². The summed E-state index contributed by atoms with van der Waals surface area (Å²) in [5.41, 5.74) is 7.23. The van der Waals surface area contributed by atoms with Crippen molar-refractivity contribution in [1.29, 1.82) is 0 Å². The Hall–Kier alpha value is -1.04. The fraction of sp³-hybridized carbons (Fsp3) is 0.647. The van der Waals surface area contributed by atoms with Crippen LogP contribution in [0.3, 0.4) is 0 Å². The highest BCUT2D eigenvalue weighted by molar-refractivity contribution is 5.28. The van der Waals surface area contributed by atoms with Gasteiger partial charge in [-0.15, -0.1) is 0 Å². The molecule has 0 aromatic carbocycles. The molecule has 1 aliphatic heterocycles. The zero-order valence-electron chi connectivity index (χ0n) is 13.2. The van der Waals surface area contributed by atoms with Gasteiger partial charge in [-0.05, 0) is 30.2 Å². The molecule has 1 unspecified atom stereocenters. The Labute approximate surface area is 119 Å². The van der Waals surface area contributed by atoms with Crippen molar-refractivity contribution in [2.45, 2.75) is 47.1 Å². The van der Waals surface area contributed by atoms with Gasteiger partial charge in [-0.1, -0.05) is 46.1 Å². The summed E-state index contributed by atoms with van der Waals surface area (Å²) >= 11 is 0. The average molecular weight is 263 g/mol. The van der Waals surface area contributed by atoms with Gasteiger partial charge in [0, 0.05) is 19.6 Å². The van der Waals surface area contributed by atoms with E-state index >= 15 is 0 Å². The van der Waals surface area contributed by atoms with Crippen LogP contribution in [0, 0.1) is 0 Å². The molecule has 0 N–H and O–H groups in total. The summed E-state index contributed by atoms with van der Waals surface area (Å²) in [5.74, 6) is 0. The fourth-order valence-electron chi connectivity index (χ4n) is 1.91. The molecule has 0 aromatic heterocycles. The summed E-state index contributed by atoms with van der Waals surface area (Å²) < 4.78 is 5.64. The van der Waals surface area contributed by atoms with Gasteiger partial charge in [0.15, 0.2) is 0 Å². The maximum atomic E-state index is 5.64. The summed E-state index contributed by atoms with van der Waals surface area (Å²) in [7, 11) is 0. The van der Waals surface area contributed by atoms with Crippen LogP contribution in [0.2, 0.25) is 0 Å². The van der Waals surface area contributed by atoms with E-state index in [0.29, 0.717) is 6.10 Å². The molecule has 1 atom stereocenters. The Morgan fingerprint density at radius 3 is 2.58 bits per heavy atom. The summed E-state index contributed by atoms with van der Waals surface area (Å²) in [6.45, 7) is 14.1. The average Bonchev–Trinajstić information content (AvgIpc) is 2.52. The molecule has 0 spiro atoms. The molecule has 0 saturated carbocycles. The highest BCUT2D eigenvalue weighted by Gasteiger charge is 2.18. The molecule has 1 heterocycles. The smallest absolute Gasteiger partial charge is 0.0700 e. The highest BCUT2D eigenvalue weighted by atomic mass is 16.5. The number of allylic oxidation sites excluding steroid dienone is 2. The first-order chi connectivity index (χ1) is 9.38. The standard InChI is InChI=1S/C13H17NO.2C2H6/c1-2-13-11-14(8-9-15-13)10-12-6-4-3-5-7-12;2*1-2/h4,6-7,13H,2,8-11H2,1H3;2*1-2H3. The fourth-order valence-corrected chi connectivity index (χ4v) is 1.91. The molecule has 0 radical (unpaired) electrons. The van der Waals surface area contributed by atoms with Crippen molar-refractivity contribution in [2.75, 3.05) is 26.2 Å². The third-order valence-corrected chi connectivity index (χ3v) is 2.81. The van der Waals surface area contributed by atoms with E-state index in [2.05, 4.69) is 29.4 Å². The van der Waals surface area contributed by atoms with Crippen LogP contribution >= 0.6 is 0 Å². The molecular formula is C17H29NO. The maximum absolute atomic E-state index is 5.64. The van der Waals surface area contributed by atoms with Crippen molar-refractivity contribution in [3.63, 3.8) is 0 Å². The molecule has 1 aliphatic carbocycles. The Morgan fingerprint density at radius 1 is 1.26 bits per heavy atom. The van der Waals surface area contributed by atoms with Crippen molar-refractivity contribution in [2.24, 2.45) is 0 Å². The second-order valence-corrected chi connectivity index (χ2v) is 3.98. The van der Waals surface area contributed by atoms with E-state index in [1.807, 2.05) is 39.8 Å². The van der Waals surface area contributed by atoms with Crippen molar-refractivity contribution < 1.29 is 4.74 Å². The minimum Gasteiger partial charge on any atom is -0.376 e. The first kappa shape index (κ1) is 18.0. The van der Waals surface area contributed by atoms with E-state index in [9.17, 15) is 0 Å². The SMILES string of the molecule is CC.CC.CCC1CN(CC2=CC=C=C=C2)CCO1. The molecule has 1 saturated heterocycles. The Kier molecular flexibility index (Phi) is 11.4. The maximum Gasteiger partial charge on any atom is 0.0700 e. The van der Waals surface area contributed by atoms with Crippen LogP contribution in [0.25, 0.3) is 0 Å². The van der Waals surface area contributed by atoms with Crippen LogP contribution in [0.4, 0.5) is 0 Å². The number of ether oxygens (including phenoxy) is 1. The Morgan fingerprint density at radius 2 is 2.00 bits per heavy atom. The van der Waals surface area contributed by atoms with E-state index in [4.69, 9.17) is 4.74 Å². The number of rotatable bonds is 3. The van der Waals surface area contributed by atoms with E-state index in [-0.39, 0.29) is 0 Å². The van der Waals surface area contributed by atoms with Crippen LogP contribution in [0.5, 0.6) is 0 Å². The normalized spacial score (nSPS) is 20.9. The zero-order valence-corrected chi connectivity index (χ0v) is 13.2. The van der Waals surface area contributed by atoms with Gasteiger partial charge in [-0.3, -0.25) is 4.90 Å². The van der Waals surface area contributed by atoms with Gasteiger partial charge in [0.25, 0.3) is 0 Å². The first-order valence-corrected chi connectivity index (χ1v) is 7.59. The molecule has 0 amide bonds. The van der Waals surface area contributed by atoms with Gasteiger partial charge in [-0.25, -0.2) is 0 Å². The topological polar surface area (TPSA) is 12.5 Å². The summed E-state index contributed by atoms with van der Waals surface area (Å²) in [6.07, 6.45) is 7.56. The van der Waals surface area contributed by atoms with Gasteiger partial charge >= 0.3 is 0 Å². The van der Waals surface area contributed by atoms with Gasteiger partial charge in [-0.2, -0.15) is 0 Å². The van der Waals surface area contributed by atoms with Gasteiger partial charge < -0.3 is 4.74 Å². The largest absolute Gasteiger partial charge is 0.376 e. The molecule has 2 aliphatic rings. The molecule has 19 heavy (non-hydrogen) atoms. The molecule has 1 fully saturated rings. The van der Waals surface area contributed by atoms with Crippen LogP contribution in [-0.2, 0) is 4.74 Å². The van der Waals surface area contributed by atoms with Crippen LogP contribution in [0.1, 0.15) is 41.0 Å². The molecular weight excluding hydrogens is 234 g/mol. The minimum absolute atomic E-state index is 0.415. The van der Waals surface area contributed by atoms with Crippen LogP contribution in [0.15, 0.2) is 35.3 Å². The van der Waals surface area contributed by atoms with E-state index in [0.717, 1.165) is 32.7 Å². The molecule has 2 rings (SSSR count). The van der Waals surface area contributed by atoms with Crippen molar-refractivity contribution >= 4 is 0 Å². The van der Waals surface area contributed by atoms with Crippen LogP contribution < -0.4 is 0 Å². The van der Waals surface area contributed by atoms with Gasteiger partial charge in [0.1, 0.15) is 0 Å². The predicted molar refractivity (Wildman–Crippen MR) is 83.4 cm³/mol. The summed E-state index contributed by atoms with van der Waals surface area (Å²) in [4.78, 5) is 2.45. The second-order valence-electron chi connectivity index (χ2n) is 3.98. The first-order valence-electron chi connectivity index (χ1n) is 7.59. The quantitative estimate of drug-likeness (QED) is 0.715. The summed E-state index contributed by atoms with van der Waals surface area (Å²) in [5, 5.41) is 0. The highest BCUT2D eigenvalue weighted by Crippen LogP contribution is 2.11. The second kappa shape index (κ2) is 12.0.